The molecule has 0 saturated carbocycles. The number of carboxylic acid groups (broad SMARTS) is 1. The fourth-order valence-electron chi connectivity index (χ4n) is 5.29. The molecule has 0 bridgehead atoms. The molecule has 2 unspecified atom stereocenters. The Morgan fingerprint density at radius 1 is 1.24 bits per heavy atom. The molecule has 3 saturated heterocycles. The largest absolute Gasteiger partial charge is 0.477 e. The van der Waals surface area contributed by atoms with Gasteiger partial charge in [-0.2, -0.15) is 0 Å². The predicted octanol–water partition coefficient (Wildman–Crippen LogP) is 1.84. The number of aromatic nitrogens is 1. The third-order valence-electron chi connectivity index (χ3n) is 7.08. The molecule has 2 N–H and O–H groups in total. The summed E-state index contributed by atoms with van der Waals surface area (Å²) in [6.45, 7) is 6.52. The molecule has 0 aliphatic carbocycles. The smallest absolute Gasteiger partial charge is 0.353 e. The summed E-state index contributed by atoms with van der Waals surface area (Å²) >= 11 is 2.98. The van der Waals surface area contributed by atoms with Crippen LogP contribution in [0.4, 0.5) is 5.13 Å². The van der Waals surface area contributed by atoms with E-state index in [2.05, 4.69) is 9.88 Å². The lowest BCUT2D eigenvalue weighted by Crippen LogP contribution is -2.63. The molecule has 4 aliphatic rings. The van der Waals surface area contributed by atoms with E-state index >= 15 is 0 Å². The lowest BCUT2D eigenvalue weighted by molar-refractivity contribution is -0.163. The minimum Gasteiger partial charge on any atom is -0.477 e. The summed E-state index contributed by atoms with van der Waals surface area (Å²) in [7, 11) is 0. The van der Waals surface area contributed by atoms with Crippen LogP contribution in [-0.4, -0.2) is 86.4 Å². The number of aliphatic carboxylic acids is 1. The zero-order valence-electron chi connectivity index (χ0n) is 18.6. The van der Waals surface area contributed by atoms with Crippen molar-refractivity contribution in [2.75, 3.05) is 31.1 Å². The van der Waals surface area contributed by atoms with Crippen LogP contribution < -0.4 is 4.90 Å². The first-order valence-corrected chi connectivity index (χ1v) is 13.2. The van der Waals surface area contributed by atoms with Gasteiger partial charge >= 0.3 is 5.97 Å². The SMILES string of the molecule is C[C@@H](O)C1C(=O)N2C(C(=O)O)=C(SC3CN(c4nc(C(=O)N5CCCCC5)cs4)C3)[C@H](C)C12. The van der Waals surface area contributed by atoms with Crippen LogP contribution in [0.2, 0.25) is 0 Å². The zero-order valence-corrected chi connectivity index (χ0v) is 20.3. The van der Waals surface area contributed by atoms with Crippen molar-refractivity contribution in [1.82, 2.24) is 14.8 Å². The highest BCUT2D eigenvalue weighted by atomic mass is 32.2. The summed E-state index contributed by atoms with van der Waals surface area (Å²) in [6.07, 6.45) is 2.46. The molecule has 2 amide bonds. The number of aliphatic hydroxyl groups excluding tert-OH is 1. The third kappa shape index (κ3) is 3.74. The lowest BCUT2D eigenvalue weighted by Gasteiger charge is -2.46. The standard InChI is InChI=1S/C22H28N4O5S2/c1-11-16-15(12(2)27)20(29)26(16)17(21(30)31)18(11)33-13-8-25(9-13)22-23-14(10-32-22)19(28)24-6-4-3-5-7-24/h10-13,15-16,27H,3-9H2,1-2H3,(H,30,31)/t11-,12-,15?,16?/m1/s1. The molecule has 0 aromatic carbocycles. The Balaban J connectivity index is 1.23. The Morgan fingerprint density at radius 2 is 1.94 bits per heavy atom. The average molecular weight is 493 g/mol. The van der Waals surface area contributed by atoms with Gasteiger partial charge in [0.25, 0.3) is 5.91 Å². The van der Waals surface area contributed by atoms with Crippen molar-refractivity contribution in [2.45, 2.75) is 50.5 Å². The molecule has 0 spiro atoms. The number of carbonyl (C=O) groups is 3. The van der Waals surface area contributed by atoms with Crippen molar-refractivity contribution < 1.29 is 24.6 Å². The van der Waals surface area contributed by atoms with E-state index in [-0.39, 0.29) is 34.7 Å². The number of aliphatic hydroxyl groups is 1. The highest BCUT2D eigenvalue weighted by Gasteiger charge is 2.60. The highest BCUT2D eigenvalue weighted by molar-refractivity contribution is 8.03. The van der Waals surface area contributed by atoms with Crippen LogP contribution >= 0.6 is 23.1 Å². The maximum atomic E-state index is 12.7. The van der Waals surface area contributed by atoms with Crippen LogP contribution in [0, 0.1) is 11.8 Å². The minimum absolute atomic E-state index is 0.00143. The van der Waals surface area contributed by atoms with Gasteiger partial charge in [-0.15, -0.1) is 23.1 Å². The van der Waals surface area contributed by atoms with E-state index in [1.54, 1.807) is 6.92 Å². The average Bonchev–Trinajstić information content (AvgIpc) is 3.32. The lowest BCUT2D eigenvalue weighted by atomic mass is 9.79. The molecule has 178 valence electrons. The molecule has 11 heteroatoms. The van der Waals surface area contributed by atoms with E-state index in [0.29, 0.717) is 23.7 Å². The van der Waals surface area contributed by atoms with Crippen LogP contribution in [0.15, 0.2) is 16.0 Å². The first-order valence-electron chi connectivity index (χ1n) is 11.4. The molecule has 1 aromatic rings. The van der Waals surface area contributed by atoms with Crippen molar-refractivity contribution in [2.24, 2.45) is 11.8 Å². The maximum Gasteiger partial charge on any atom is 0.353 e. The van der Waals surface area contributed by atoms with E-state index in [1.807, 2.05) is 17.2 Å². The van der Waals surface area contributed by atoms with Crippen LogP contribution in [0.5, 0.6) is 0 Å². The van der Waals surface area contributed by atoms with Gasteiger partial charge in [-0.05, 0) is 26.2 Å². The molecule has 9 nitrogen and oxygen atoms in total. The fourth-order valence-corrected chi connectivity index (χ4v) is 7.63. The topological polar surface area (TPSA) is 114 Å². The first kappa shape index (κ1) is 22.7. The zero-order chi connectivity index (χ0) is 23.4. The Morgan fingerprint density at radius 3 is 2.58 bits per heavy atom. The highest BCUT2D eigenvalue weighted by Crippen LogP contribution is 2.52. The molecule has 1 aromatic heterocycles. The molecule has 4 aliphatic heterocycles. The summed E-state index contributed by atoms with van der Waals surface area (Å²) in [6, 6.07) is -0.287. The Kier molecular flexibility index (Phi) is 5.90. The Labute approximate surface area is 200 Å². The number of likely N-dealkylation sites (tertiary alicyclic amines) is 1. The third-order valence-corrected chi connectivity index (χ3v) is 9.43. The number of piperidine rings is 1. The molecule has 33 heavy (non-hydrogen) atoms. The van der Waals surface area contributed by atoms with E-state index in [0.717, 1.165) is 31.1 Å². The van der Waals surface area contributed by atoms with Gasteiger partial charge < -0.3 is 24.9 Å². The van der Waals surface area contributed by atoms with Gasteiger partial charge in [-0.1, -0.05) is 6.92 Å². The molecular weight excluding hydrogens is 464 g/mol. The van der Waals surface area contributed by atoms with Gasteiger partial charge in [0.15, 0.2) is 5.13 Å². The number of rotatable bonds is 6. The summed E-state index contributed by atoms with van der Waals surface area (Å²) in [5.41, 5.74) is 0.571. The summed E-state index contributed by atoms with van der Waals surface area (Å²) in [5, 5.41) is 22.6. The van der Waals surface area contributed by atoms with E-state index in [9.17, 15) is 24.6 Å². The van der Waals surface area contributed by atoms with Gasteiger partial charge in [0.1, 0.15) is 11.4 Å². The van der Waals surface area contributed by atoms with Gasteiger partial charge in [-0.25, -0.2) is 9.78 Å². The number of hydrogen-bond acceptors (Lipinski definition) is 8. The number of hydrogen-bond donors (Lipinski definition) is 2. The second-order valence-electron chi connectivity index (χ2n) is 9.28. The predicted molar refractivity (Wildman–Crippen MR) is 125 cm³/mol. The summed E-state index contributed by atoms with van der Waals surface area (Å²) in [4.78, 5) is 47.7. The second kappa shape index (κ2) is 8.59. The number of carbonyl (C=O) groups excluding carboxylic acids is 2. The van der Waals surface area contributed by atoms with Crippen LogP contribution in [0.25, 0.3) is 0 Å². The normalized spacial score (nSPS) is 28.5. The van der Waals surface area contributed by atoms with Crippen LogP contribution in [0.1, 0.15) is 43.6 Å². The van der Waals surface area contributed by atoms with Crippen molar-refractivity contribution in [3.8, 4) is 0 Å². The maximum absolute atomic E-state index is 12.7. The fraction of sp³-hybridized carbons (Fsp3) is 0.636. The summed E-state index contributed by atoms with van der Waals surface area (Å²) < 4.78 is 0. The number of amides is 2. The molecule has 0 radical (unpaired) electrons. The number of thiazole rings is 1. The number of fused-ring (bicyclic) bond motifs is 1. The number of anilines is 1. The van der Waals surface area contributed by atoms with Gasteiger partial charge in [0, 0.05) is 47.6 Å². The van der Waals surface area contributed by atoms with E-state index < -0.39 is 18.0 Å². The number of thioether (sulfide) groups is 1. The quantitative estimate of drug-likeness (QED) is 0.579. The number of carboxylic acids is 1. The Bertz CT molecular complexity index is 1010. The Hall–Kier alpha value is -2.11. The van der Waals surface area contributed by atoms with E-state index in [4.69, 9.17) is 0 Å². The first-order chi connectivity index (χ1) is 15.8. The van der Waals surface area contributed by atoms with Crippen molar-refractivity contribution >= 4 is 46.0 Å². The second-order valence-corrected chi connectivity index (χ2v) is 11.5. The minimum atomic E-state index is -1.10. The summed E-state index contributed by atoms with van der Waals surface area (Å²) in [5.74, 6) is -2.07. The monoisotopic (exact) mass is 492 g/mol. The van der Waals surface area contributed by atoms with Crippen molar-refractivity contribution in [3.05, 3.63) is 21.7 Å². The molecule has 4 atom stereocenters. The van der Waals surface area contributed by atoms with Gasteiger partial charge in [-0.3, -0.25) is 9.59 Å². The molecular formula is C22H28N4O5S2. The van der Waals surface area contributed by atoms with Gasteiger partial charge in [0.2, 0.25) is 5.91 Å². The van der Waals surface area contributed by atoms with E-state index in [1.165, 1.54) is 34.4 Å². The molecule has 3 fully saturated rings. The van der Waals surface area contributed by atoms with Crippen molar-refractivity contribution in [3.63, 3.8) is 0 Å². The van der Waals surface area contributed by atoms with Crippen LogP contribution in [0.3, 0.4) is 0 Å². The molecule has 5 heterocycles. The number of nitrogens with zero attached hydrogens (tertiary/aromatic N) is 4. The van der Waals surface area contributed by atoms with Crippen LogP contribution in [-0.2, 0) is 9.59 Å². The van der Waals surface area contributed by atoms with Gasteiger partial charge in [0.05, 0.1) is 18.1 Å². The molecule has 5 rings (SSSR count). The van der Waals surface area contributed by atoms with Crippen molar-refractivity contribution in [1.29, 1.82) is 0 Å². The number of β-lactam (4-membered cyclic amide) rings is 1.